The number of benzene rings is 1. The molecule has 11 heteroatoms. The Morgan fingerprint density at radius 1 is 1.12 bits per heavy atom. The summed E-state index contributed by atoms with van der Waals surface area (Å²) in [5.41, 5.74) is -1.37. The summed E-state index contributed by atoms with van der Waals surface area (Å²) >= 11 is 11.9. The minimum atomic E-state index is -4.67. The molecule has 0 aliphatic carbocycles. The van der Waals surface area contributed by atoms with Crippen LogP contribution < -0.4 is 4.90 Å². The van der Waals surface area contributed by atoms with Gasteiger partial charge in [0.05, 0.1) is 21.8 Å². The number of halogens is 5. The maximum absolute atomic E-state index is 12.9. The van der Waals surface area contributed by atoms with Crippen molar-refractivity contribution in [3.63, 3.8) is 0 Å². The molecule has 0 atom stereocenters. The molecule has 1 aliphatic rings. The second kappa shape index (κ2) is 6.30. The highest BCUT2D eigenvalue weighted by Gasteiger charge is 2.37. The molecule has 0 bridgehead atoms. The largest absolute Gasteiger partial charge is 0.416 e. The van der Waals surface area contributed by atoms with Crippen LogP contribution in [0.3, 0.4) is 0 Å². The van der Waals surface area contributed by atoms with E-state index in [1.54, 1.807) is 6.07 Å². The quantitative estimate of drug-likeness (QED) is 0.716. The first kappa shape index (κ1) is 18.2. The number of rotatable bonds is 2. The van der Waals surface area contributed by atoms with Gasteiger partial charge in [0.15, 0.2) is 5.82 Å². The molecule has 0 radical (unpaired) electrons. The molecule has 2 amide bonds. The van der Waals surface area contributed by atoms with Gasteiger partial charge in [0.25, 0.3) is 0 Å². The zero-order valence-electron chi connectivity index (χ0n) is 12.6. The highest BCUT2D eigenvalue weighted by Crippen LogP contribution is 2.39. The number of nitrogens with zero attached hydrogens (tertiary/aromatic N) is 4. The summed E-state index contributed by atoms with van der Waals surface area (Å²) < 4.78 is 39.6. The Balaban J connectivity index is 2.24. The van der Waals surface area contributed by atoms with Gasteiger partial charge in [0.1, 0.15) is 17.3 Å². The number of imide groups is 1. The molecule has 0 spiro atoms. The van der Waals surface area contributed by atoms with E-state index in [2.05, 4.69) is 5.10 Å². The lowest BCUT2D eigenvalue weighted by Crippen LogP contribution is -2.31. The highest BCUT2D eigenvalue weighted by atomic mass is 35.5. The first-order chi connectivity index (χ1) is 12.1. The van der Waals surface area contributed by atoms with E-state index < -0.39 is 33.6 Å². The lowest BCUT2D eigenvalue weighted by Gasteiger charge is -2.18. The highest BCUT2D eigenvalue weighted by molar-refractivity contribution is 6.38. The van der Waals surface area contributed by atoms with Crippen molar-refractivity contribution in [1.82, 2.24) is 9.78 Å². The number of hydrogen-bond donors (Lipinski definition) is 0. The smallest absolute Gasteiger partial charge is 0.274 e. The van der Waals surface area contributed by atoms with Gasteiger partial charge >= 0.3 is 6.18 Å². The molecule has 3 rings (SSSR count). The number of carbonyl (C=O) groups is 2. The maximum atomic E-state index is 12.9. The summed E-state index contributed by atoms with van der Waals surface area (Å²) in [6.07, 6.45) is -3.71. The van der Waals surface area contributed by atoms with E-state index in [1.807, 2.05) is 0 Å². The van der Waals surface area contributed by atoms with Gasteiger partial charge in [-0.3, -0.25) is 9.59 Å². The standard InChI is InChI=1S/C15H7Cl2F3N4O2/c16-9-3-8(15(18,19)20)4-10(17)13(9)24-14(7(5-21)6-22-24)23-11(25)1-2-12(23)26/h3-4,6H,1-2H2. The van der Waals surface area contributed by atoms with Crippen LogP contribution in [0, 0.1) is 11.3 Å². The zero-order valence-corrected chi connectivity index (χ0v) is 14.2. The van der Waals surface area contributed by atoms with Crippen LogP contribution in [0.5, 0.6) is 0 Å². The van der Waals surface area contributed by atoms with E-state index in [0.29, 0.717) is 12.1 Å². The average Bonchev–Trinajstić information content (AvgIpc) is 3.09. The lowest BCUT2D eigenvalue weighted by atomic mass is 10.2. The van der Waals surface area contributed by atoms with Crippen molar-refractivity contribution in [1.29, 1.82) is 5.26 Å². The SMILES string of the molecule is N#Cc1cnn(-c2c(Cl)cc(C(F)(F)F)cc2Cl)c1N1C(=O)CCC1=O. The summed E-state index contributed by atoms with van der Waals surface area (Å²) in [5.74, 6) is -1.33. The van der Waals surface area contributed by atoms with Gasteiger partial charge in [-0.15, -0.1) is 0 Å². The summed E-state index contributed by atoms with van der Waals surface area (Å²) in [7, 11) is 0. The molecule has 0 saturated carbocycles. The molecule has 1 fully saturated rings. The van der Waals surface area contributed by atoms with E-state index in [0.717, 1.165) is 15.8 Å². The number of carbonyl (C=O) groups excluding carboxylic acids is 2. The average molecular weight is 403 g/mol. The molecule has 1 aromatic heterocycles. The fourth-order valence-electron chi connectivity index (χ4n) is 2.54. The van der Waals surface area contributed by atoms with Gasteiger partial charge in [-0.25, -0.2) is 9.58 Å². The molecule has 26 heavy (non-hydrogen) atoms. The number of nitriles is 1. The number of alkyl halides is 3. The molecule has 1 aromatic carbocycles. The molecule has 134 valence electrons. The van der Waals surface area contributed by atoms with Crippen LogP contribution in [0.2, 0.25) is 10.0 Å². The predicted molar refractivity (Wildman–Crippen MR) is 85.0 cm³/mol. The fourth-order valence-corrected chi connectivity index (χ4v) is 3.19. The van der Waals surface area contributed by atoms with Gasteiger partial charge in [-0.1, -0.05) is 23.2 Å². The molecule has 1 saturated heterocycles. The van der Waals surface area contributed by atoms with Crippen molar-refractivity contribution >= 4 is 40.8 Å². The molecule has 2 heterocycles. The van der Waals surface area contributed by atoms with Crippen molar-refractivity contribution in [2.24, 2.45) is 0 Å². The Labute approximate surface area is 154 Å². The van der Waals surface area contributed by atoms with Gasteiger partial charge in [-0.2, -0.15) is 23.5 Å². The first-order valence-corrected chi connectivity index (χ1v) is 7.81. The van der Waals surface area contributed by atoms with Gasteiger partial charge < -0.3 is 0 Å². The monoisotopic (exact) mass is 402 g/mol. The third-order valence-electron chi connectivity index (χ3n) is 3.68. The predicted octanol–water partition coefficient (Wildman–Crippen LogP) is 3.72. The second-order valence-corrected chi connectivity index (χ2v) is 6.13. The molecular weight excluding hydrogens is 396 g/mol. The summed E-state index contributed by atoms with van der Waals surface area (Å²) in [6.45, 7) is 0. The Morgan fingerprint density at radius 3 is 2.12 bits per heavy atom. The molecule has 1 aliphatic heterocycles. The number of aromatic nitrogens is 2. The number of anilines is 1. The lowest BCUT2D eigenvalue weighted by molar-refractivity contribution is -0.137. The van der Waals surface area contributed by atoms with E-state index in [-0.39, 0.29) is 29.9 Å². The molecular formula is C15H7Cl2F3N4O2. The van der Waals surface area contributed by atoms with Crippen LogP contribution in [0.25, 0.3) is 5.69 Å². The van der Waals surface area contributed by atoms with Crippen LogP contribution in [0.15, 0.2) is 18.3 Å². The van der Waals surface area contributed by atoms with Crippen molar-refractivity contribution in [3.8, 4) is 11.8 Å². The van der Waals surface area contributed by atoms with Gasteiger partial charge in [0.2, 0.25) is 11.8 Å². The molecule has 0 N–H and O–H groups in total. The van der Waals surface area contributed by atoms with E-state index in [9.17, 15) is 28.0 Å². The first-order valence-electron chi connectivity index (χ1n) is 7.05. The Kier molecular flexibility index (Phi) is 4.42. The van der Waals surface area contributed by atoms with Crippen molar-refractivity contribution in [2.75, 3.05) is 4.90 Å². The topological polar surface area (TPSA) is 79.0 Å². The summed E-state index contributed by atoms with van der Waals surface area (Å²) in [4.78, 5) is 24.8. The van der Waals surface area contributed by atoms with Crippen LogP contribution >= 0.6 is 23.2 Å². The van der Waals surface area contributed by atoms with E-state index >= 15 is 0 Å². The maximum Gasteiger partial charge on any atom is 0.416 e. The third-order valence-corrected chi connectivity index (χ3v) is 4.26. The van der Waals surface area contributed by atoms with Crippen molar-refractivity contribution in [2.45, 2.75) is 19.0 Å². The fraction of sp³-hybridized carbons (Fsp3) is 0.200. The summed E-state index contributed by atoms with van der Waals surface area (Å²) in [5, 5.41) is 12.3. The number of hydrogen-bond acceptors (Lipinski definition) is 4. The zero-order chi connectivity index (χ0) is 19.2. The van der Waals surface area contributed by atoms with Crippen LogP contribution in [-0.4, -0.2) is 21.6 Å². The van der Waals surface area contributed by atoms with Crippen LogP contribution in [-0.2, 0) is 15.8 Å². The Morgan fingerprint density at radius 2 is 1.65 bits per heavy atom. The second-order valence-electron chi connectivity index (χ2n) is 5.31. The Hall–Kier alpha value is -2.57. The van der Waals surface area contributed by atoms with Crippen LogP contribution in [0.4, 0.5) is 19.0 Å². The van der Waals surface area contributed by atoms with Crippen LogP contribution in [0.1, 0.15) is 24.0 Å². The molecule has 6 nitrogen and oxygen atoms in total. The minimum Gasteiger partial charge on any atom is -0.274 e. The van der Waals surface area contributed by atoms with Crippen molar-refractivity contribution < 1.29 is 22.8 Å². The van der Waals surface area contributed by atoms with E-state index in [4.69, 9.17) is 23.2 Å². The normalized spacial score (nSPS) is 14.8. The van der Waals surface area contributed by atoms with Crippen molar-refractivity contribution in [3.05, 3.63) is 39.5 Å². The number of amides is 2. The van der Waals surface area contributed by atoms with E-state index in [1.165, 1.54) is 0 Å². The van der Waals surface area contributed by atoms with Gasteiger partial charge in [0, 0.05) is 12.8 Å². The summed E-state index contributed by atoms with van der Waals surface area (Å²) in [6, 6.07) is 3.08. The third kappa shape index (κ3) is 2.91. The van der Waals surface area contributed by atoms with Gasteiger partial charge in [-0.05, 0) is 12.1 Å². The molecule has 2 aromatic rings. The molecule has 0 unspecified atom stereocenters. The Bertz CT molecular complexity index is 939. The minimum absolute atomic E-state index is 0.0522.